The summed E-state index contributed by atoms with van der Waals surface area (Å²) in [4.78, 5) is 3.49. The molecule has 2 aliphatic heterocycles. The van der Waals surface area contributed by atoms with Gasteiger partial charge in [0.1, 0.15) is 25.7 Å². The van der Waals surface area contributed by atoms with Crippen molar-refractivity contribution in [2.24, 2.45) is 5.92 Å². The standard InChI is InChI=1S/C15H28N6O/c1-12(2)14(15-16-17-18-21(15)9-10-22-3)20-8-7-19-6-4-5-13(19)11-20/h12-14H,4-11H2,1-3H3/p+2/t13-,14+/m1/s1. The number of hydrogen-bond donors (Lipinski definition) is 2. The predicted octanol–water partition coefficient (Wildman–Crippen LogP) is -2.04. The van der Waals surface area contributed by atoms with Crippen molar-refractivity contribution in [2.75, 3.05) is 39.9 Å². The fourth-order valence-corrected chi connectivity index (χ4v) is 4.30. The van der Waals surface area contributed by atoms with Gasteiger partial charge in [-0.1, -0.05) is 13.8 Å². The highest BCUT2D eigenvalue weighted by Gasteiger charge is 2.42. The molecule has 0 bridgehead atoms. The van der Waals surface area contributed by atoms with Crippen molar-refractivity contribution >= 4 is 0 Å². The number of tetrazole rings is 1. The van der Waals surface area contributed by atoms with E-state index in [2.05, 4.69) is 29.4 Å². The summed E-state index contributed by atoms with van der Waals surface area (Å²) in [7, 11) is 1.72. The molecule has 1 aromatic heterocycles. The molecule has 2 N–H and O–H groups in total. The highest BCUT2D eigenvalue weighted by atomic mass is 16.5. The van der Waals surface area contributed by atoms with Crippen molar-refractivity contribution in [3.8, 4) is 0 Å². The summed E-state index contributed by atoms with van der Waals surface area (Å²) in [5, 5.41) is 12.5. The van der Waals surface area contributed by atoms with Crippen LogP contribution in [0.2, 0.25) is 0 Å². The molecule has 3 heterocycles. The second kappa shape index (κ2) is 7.02. The Morgan fingerprint density at radius 3 is 2.95 bits per heavy atom. The molecule has 124 valence electrons. The normalized spacial score (nSPS) is 29.7. The Morgan fingerprint density at radius 1 is 1.32 bits per heavy atom. The average Bonchev–Trinajstić information content (AvgIpc) is 3.13. The van der Waals surface area contributed by atoms with E-state index in [0.29, 0.717) is 18.6 Å². The minimum absolute atomic E-state index is 0.383. The van der Waals surface area contributed by atoms with Gasteiger partial charge < -0.3 is 14.5 Å². The third kappa shape index (κ3) is 3.16. The van der Waals surface area contributed by atoms with E-state index in [-0.39, 0.29) is 0 Å². The number of ether oxygens (including phenoxy) is 1. The molecular formula is C15H30N6O+2. The highest BCUT2D eigenvalue weighted by Crippen LogP contribution is 2.16. The molecule has 22 heavy (non-hydrogen) atoms. The summed E-state index contributed by atoms with van der Waals surface area (Å²) in [6.45, 7) is 11.1. The molecule has 0 radical (unpaired) electrons. The summed E-state index contributed by atoms with van der Waals surface area (Å²) in [5.74, 6) is 1.56. The summed E-state index contributed by atoms with van der Waals surface area (Å²) in [5.41, 5.74) is 0. The average molecular weight is 310 g/mol. The third-order valence-corrected chi connectivity index (χ3v) is 5.36. The Kier molecular flexibility index (Phi) is 5.05. The summed E-state index contributed by atoms with van der Waals surface area (Å²) >= 11 is 0. The Hall–Kier alpha value is -1.05. The fraction of sp³-hybridized carbons (Fsp3) is 0.933. The molecule has 7 heteroatoms. The van der Waals surface area contributed by atoms with Gasteiger partial charge in [-0.15, -0.1) is 5.10 Å². The Morgan fingerprint density at radius 2 is 2.18 bits per heavy atom. The summed E-state index contributed by atoms with van der Waals surface area (Å²) in [6, 6.07) is 1.22. The maximum atomic E-state index is 5.19. The molecule has 2 aliphatic rings. The lowest BCUT2D eigenvalue weighted by atomic mass is 9.99. The minimum atomic E-state index is 0.383. The number of quaternary nitrogens is 2. The molecule has 4 atom stereocenters. The summed E-state index contributed by atoms with van der Waals surface area (Å²) < 4.78 is 7.13. The fourth-order valence-electron chi connectivity index (χ4n) is 4.30. The molecule has 3 rings (SSSR count). The second-order valence-corrected chi connectivity index (χ2v) is 7.08. The monoisotopic (exact) mass is 310 g/mol. The first kappa shape index (κ1) is 15.8. The molecule has 0 amide bonds. The van der Waals surface area contributed by atoms with Gasteiger partial charge in [0.25, 0.3) is 0 Å². The van der Waals surface area contributed by atoms with Gasteiger partial charge >= 0.3 is 0 Å². The van der Waals surface area contributed by atoms with Gasteiger partial charge in [0.2, 0.25) is 5.82 Å². The van der Waals surface area contributed by atoms with Gasteiger partial charge in [-0.2, -0.15) is 0 Å². The number of nitrogens with one attached hydrogen (secondary N) is 2. The molecular weight excluding hydrogens is 280 g/mol. The van der Waals surface area contributed by atoms with Crippen LogP contribution in [0.3, 0.4) is 0 Å². The molecule has 7 nitrogen and oxygen atoms in total. The molecule has 1 aromatic rings. The first-order chi connectivity index (χ1) is 10.7. The molecule has 2 saturated heterocycles. The molecule has 0 aromatic carbocycles. The largest absolute Gasteiger partial charge is 0.383 e. The Labute approximate surface area is 132 Å². The Bertz CT molecular complexity index is 476. The number of nitrogens with zero attached hydrogens (tertiary/aromatic N) is 4. The van der Waals surface area contributed by atoms with E-state index in [0.717, 1.165) is 18.4 Å². The highest BCUT2D eigenvalue weighted by molar-refractivity contribution is 4.89. The van der Waals surface area contributed by atoms with Crippen molar-refractivity contribution in [1.82, 2.24) is 20.2 Å². The lowest BCUT2D eigenvalue weighted by Crippen LogP contribution is -3.29. The smallest absolute Gasteiger partial charge is 0.209 e. The predicted molar refractivity (Wildman–Crippen MR) is 81.7 cm³/mol. The van der Waals surface area contributed by atoms with E-state index < -0.39 is 0 Å². The van der Waals surface area contributed by atoms with Crippen LogP contribution in [-0.4, -0.2) is 66.1 Å². The topological polar surface area (TPSA) is 61.7 Å². The van der Waals surface area contributed by atoms with E-state index in [4.69, 9.17) is 4.74 Å². The third-order valence-electron chi connectivity index (χ3n) is 5.36. The van der Waals surface area contributed by atoms with Gasteiger partial charge in [0.15, 0.2) is 6.04 Å². The molecule has 0 saturated carbocycles. The van der Waals surface area contributed by atoms with Crippen LogP contribution in [0.5, 0.6) is 0 Å². The summed E-state index contributed by atoms with van der Waals surface area (Å²) in [6.07, 6.45) is 2.78. The van der Waals surface area contributed by atoms with E-state index in [1.807, 2.05) is 9.58 Å². The molecule has 2 fully saturated rings. The van der Waals surface area contributed by atoms with Gasteiger partial charge in [-0.3, -0.25) is 0 Å². The second-order valence-electron chi connectivity index (χ2n) is 7.08. The zero-order valence-electron chi connectivity index (χ0n) is 14.1. The van der Waals surface area contributed by atoms with Crippen LogP contribution in [0.1, 0.15) is 38.6 Å². The molecule has 0 spiro atoms. The first-order valence-electron chi connectivity index (χ1n) is 8.65. The lowest BCUT2D eigenvalue weighted by molar-refractivity contribution is -1.04. The number of hydrogen-bond acceptors (Lipinski definition) is 4. The number of piperazine rings is 1. The van der Waals surface area contributed by atoms with Crippen molar-refractivity contribution in [1.29, 1.82) is 0 Å². The van der Waals surface area contributed by atoms with Crippen molar-refractivity contribution in [2.45, 2.75) is 45.3 Å². The van der Waals surface area contributed by atoms with Crippen molar-refractivity contribution in [3.63, 3.8) is 0 Å². The van der Waals surface area contributed by atoms with Gasteiger partial charge in [0.05, 0.1) is 19.7 Å². The number of aromatic nitrogens is 4. The quantitative estimate of drug-likeness (QED) is 0.636. The zero-order chi connectivity index (χ0) is 15.5. The van der Waals surface area contributed by atoms with Gasteiger partial charge in [0, 0.05) is 25.9 Å². The van der Waals surface area contributed by atoms with Crippen LogP contribution in [0.4, 0.5) is 0 Å². The van der Waals surface area contributed by atoms with E-state index in [1.54, 1.807) is 12.0 Å². The van der Waals surface area contributed by atoms with Crippen LogP contribution in [0.25, 0.3) is 0 Å². The Balaban J connectivity index is 1.76. The van der Waals surface area contributed by atoms with Crippen molar-refractivity contribution in [3.05, 3.63) is 5.82 Å². The maximum absolute atomic E-state index is 5.19. The van der Waals surface area contributed by atoms with Crippen LogP contribution in [0.15, 0.2) is 0 Å². The maximum Gasteiger partial charge on any atom is 0.209 e. The van der Waals surface area contributed by atoms with Crippen LogP contribution in [-0.2, 0) is 11.3 Å². The molecule has 0 aliphatic carbocycles. The van der Waals surface area contributed by atoms with E-state index >= 15 is 0 Å². The first-order valence-corrected chi connectivity index (χ1v) is 8.65. The van der Waals surface area contributed by atoms with Crippen LogP contribution < -0.4 is 9.80 Å². The number of fused-ring (bicyclic) bond motifs is 1. The van der Waals surface area contributed by atoms with E-state index in [1.165, 1.54) is 39.0 Å². The number of methoxy groups -OCH3 is 1. The zero-order valence-corrected chi connectivity index (χ0v) is 14.1. The van der Waals surface area contributed by atoms with Gasteiger partial charge in [-0.25, -0.2) is 4.68 Å². The van der Waals surface area contributed by atoms with Gasteiger partial charge in [-0.05, 0) is 10.4 Å². The molecule has 2 unspecified atom stereocenters. The lowest BCUT2D eigenvalue weighted by Gasteiger charge is -2.37. The van der Waals surface area contributed by atoms with E-state index in [9.17, 15) is 0 Å². The van der Waals surface area contributed by atoms with Crippen molar-refractivity contribution < 1.29 is 14.5 Å². The number of rotatable bonds is 6. The SMILES string of the molecule is COCCn1nnnc1[C@H](C(C)C)[NH+]1CC[NH+]2CCC[C@@H]2C1. The van der Waals surface area contributed by atoms with Crippen LogP contribution in [0, 0.1) is 5.92 Å². The van der Waals surface area contributed by atoms with Crippen LogP contribution >= 0.6 is 0 Å². The minimum Gasteiger partial charge on any atom is -0.383 e.